The second-order valence-corrected chi connectivity index (χ2v) is 16.6. The number of hydrogen-bond donors (Lipinski definition) is 3. The van der Waals surface area contributed by atoms with E-state index in [2.05, 4.69) is 44.2 Å². The standard InChI is InChI=1S/C39H51ClN8O4S.ClH/c1-24-21-45(22-25(2)46(24)23-35(50)43-28-11-9-27(10-12-28)31-15-16-34(49)44-36(31)51)17-5-6-26-7-13-29(14-8-26)48-38(53)47(37(52)39(48,3)4)30-18-32(40)33(19-41)42-20-30;/h9-12,18,20,24-26,29,31,38,53H,5-8,13-17,21-23H2,1-4H3,(H,43,50)(H,44,49,51);1H/t24-,25+,26?,29?,31?,38?;. The summed E-state index contributed by atoms with van der Waals surface area (Å²) in [4.78, 5) is 63.2. The Morgan fingerprint density at radius 3 is 2.35 bits per heavy atom. The fourth-order valence-electron chi connectivity index (χ4n) is 8.91. The van der Waals surface area contributed by atoms with E-state index in [0.717, 1.165) is 57.3 Å². The van der Waals surface area contributed by atoms with E-state index in [1.165, 1.54) is 12.6 Å². The van der Waals surface area contributed by atoms with E-state index in [1.54, 1.807) is 11.0 Å². The van der Waals surface area contributed by atoms with Crippen molar-refractivity contribution < 1.29 is 19.2 Å². The molecule has 1 aromatic carbocycles. The quantitative estimate of drug-likeness (QED) is 0.208. The number of amides is 4. The Hall–Kier alpha value is -3.25. The van der Waals surface area contributed by atoms with Gasteiger partial charge < -0.3 is 10.2 Å². The monoisotopic (exact) mass is 798 g/mol. The Kier molecular flexibility index (Phi) is 13.7. The minimum absolute atomic E-state index is 0. The number of pyridine rings is 1. The molecule has 12 nitrogen and oxygen atoms in total. The molecule has 3 aliphatic heterocycles. The van der Waals surface area contributed by atoms with E-state index in [9.17, 15) is 24.4 Å². The zero-order chi connectivity index (χ0) is 38.0. The van der Waals surface area contributed by atoms with Gasteiger partial charge in [-0.25, -0.2) is 4.98 Å². The molecule has 3 saturated heterocycles. The zero-order valence-corrected chi connectivity index (χ0v) is 33.9. The highest BCUT2D eigenvalue weighted by Gasteiger charge is 2.54. The Morgan fingerprint density at radius 2 is 1.74 bits per heavy atom. The van der Waals surface area contributed by atoms with Crippen LogP contribution < -0.4 is 15.5 Å². The topological polar surface area (TPSA) is 142 Å². The van der Waals surface area contributed by atoms with Crippen LogP contribution in [0.15, 0.2) is 36.5 Å². The molecule has 0 bridgehead atoms. The molecule has 4 fully saturated rings. The van der Waals surface area contributed by atoms with Crippen molar-refractivity contribution in [2.24, 2.45) is 5.92 Å². The maximum Gasteiger partial charge on any atom is 0.249 e. The van der Waals surface area contributed by atoms with Crippen molar-refractivity contribution >= 4 is 71.6 Å². The number of nitrogens with zero attached hydrogens (tertiary/aromatic N) is 6. The van der Waals surface area contributed by atoms with Crippen molar-refractivity contribution in [1.82, 2.24) is 25.0 Å². The number of aromatic nitrogens is 1. The fourth-order valence-corrected chi connectivity index (χ4v) is 9.83. The first kappa shape index (κ1) is 41.9. The van der Waals surface area contributed by atoms with Crippen molar-refractivity contribution in [2.75, 3.05) is 36.4 Å². The number of halogens is 2. The predicted octanol–water partition coefficient (Wildman–Crippen LogP) is 5.56. The number of anilines is 2. The van der Waals surface area contributed by atoms with Crippen LogP contribution in [0.4, 0.5) is 11.4 Å². The van der Waals surface area contributed by atoms with Crippen LogP contribution in [0.2, 0.25) is 5.02 Å². The summed E-state index contributed by atoms with van der Waals surface area (Å²) in [7, 11) is 0. The summed E-state index contributed by atoms with van der Waals surface area (Å²) in [5, 5.41) is 14.9. The molecule has 4 heterocycles. The van der Waals surface area contributed by atoms with Gasteiger partial charge in [0.25, 0.3) is 0 Å². The lowest BCUT2D eigenvalue weighted by Gasteiger charge is -2.44. The lowest BCUT2D eigenvalue weighted by Crippen LogP contribution is -2.58. The number of thiol groups is 1. The Bertz CT molecular complexity index is 1740. The molecule has 4 atom stereocenters. The first-order chi connectivity index (χ1) is 25.3. The summed E-state index contributed by atoms with van der Waals surface area (Å²) >= 11 is 11.2. The van der Waals surface area contributed by atoms with Crippen LogP contribution in [-0.4, -0.2) is 98.7 Å². The normalized spacial score (nSPS) is 27.9. The van der Waals surface area contributed by atoms with Crippen molar-refractivity contribution in [3.63, 3.8) is 0 Å². The van der Waals surface area contributed by atoms with Gasteiger partial charge in [-0.15, -0.1) is 25.0 Å². The van der Waals surface area contributed by atoms with Gasteiger partial charge in [-0.05, 0) is 109 Å². The highest BCUT2D eigenvalue weighted by atomic mass is 35.5. The van der Waals surface area contributed by atoms with Crippen LogP contribution in [0.25, 0.3) is 0 Å². The number of hydrogen-bond acceptors (Lipinski definition) is 10. The molecule has 1 aromatic heterocycles. The molecule has 2 unspecified atom stereocenters. The van der Waals surface area contributed by atoms with Crippen LogP contribution >= 0.6 is 36.6 Å². The van der Waals surface area contributed by atoms with Crippen molar-refractivity contribution in [2.45, 2.75) is 114 Å². The number of carbonyl (C=O) groups excluding carboxylic acids is 4. The third-order valence-corrected chi connectivity index (χ3v) is 12.5. The Balaban J connectivity index is 0.00000561. The van der Waals surface area contributed by atoms with Gasteiger partial charge in [0, 0.05) is 43.3 Å². The number of rotatable bonds is 10. The second kappa shape index (κ2) is 17.7. The lowest BCUT2D eigenvalue weighted by molar-refractivity contribution is -0.134. The molecule has 4 amide bonds. The first-order valence-corrected chi connectivity index (χ1v) is 19.7. The van der Waals surface area contributed by atoms with E-state index in [-0.39, 0.29) is 70.8 Å². The number of nitrogens with one attached hydrogen (secondary N) is 2. The average Bonchev–Trinajstić information content (AvgIpc) is 3.29. The maximum absolute atomic E-state index is 13.6. The number of benzene rings is 1. The summed E-state index contributed by atoms with van der Waals surface area (Å²) < 4.78 is 0. The summed E-state index contributed by atoms with van der Waals surface area (Å²) in [6, 6.07) is 11.7. The smallest absolute Gasteiger partial charge is 0.249 e. The molecule has 0 spiro atoms. The molecule has 292 valence electrons. The van der Waals surface area contributed by atoms with Crippen molar-refractivity contribution in [3.8, 4) is 6.07 Å². The summed E-state index contributed by atoms with van der Waals surface area (Å²) in [6.45, 7) is 11.5. The number of nitriles is 1. The summed E-state index contributed by atoms with van der Waals surface area (Å²) in [5.41, 5.74) is 1.03. The fraction of sp³-hybridized carbons (Fsp3) is 0.590. The molecule has 6 rings (SSSR count). The third kappa shape index (κ3) is 9.06. The number of piperidine rings is 1. The van der Waals surface area contributed by atoms with Gasteiger partial charge in [-0.3, -0.25) is 39.2 Å². The van der Waals surface area contributed by atoms with Gasteiger partial charge in [0.1, 0.15) is 11.6 Å². The SMILES string of the molecule is C[C@@H]1CN(CCCC2CCC(N3C(S)N(c4cnc(C#N)c(Cl)c4)C(=O)C3(C)C)CC2)C[C@H](C)N1CC(=O)Nc1ccc(C2CCC(=O)NC2=O)cc1.Cl. The second-order valence-electron chi connectivity index (χ2n) is 15.7. The molecule has 0 radical (unpaired) electrons. The summed E-state index contributed by atoms with van der Waals surface area (Å²) in [6.07, 6.45) is 8.91. The van der Waals surface area contributed by atoms with Crippen LogP contribution in [0.5, 0.6) is 0 Å². The number of carbonyl (C=O) groups is 4. The molecular weight excluding hydrogens is 747 g/mol. The highest BCUT2D eigenvalue weighted by Crippen LogP contribution is 2.43. The predicted molar refractivity (Wildman–Crippen MR) is 215 cm³/mol. The van der Waals surface area contributed by atoms with Crippen LogP contribution in [0.3, 0.4) is 0 Å². The molecule has 1 aliphatic carbocycles. The molecule has 54 heavy (non-hydrogen) atoms. The van der Waals surface area contributed by atoms with Crippen LogP contribution in [0.1, 0.15) is 96.2 Å². The Labute approximate surface area is 335 Å². The van der Waals surface area contributed by atoms with Gasteiger partial charge in [-0.1, -0.05) is 23.7 Å². The minimum Gasteiger partial charge on any atom is -0.325 e. The summed E-state index contributed by atoms with van der Waals surface area (Å²) in [5.74, 6) is -0.301. The average molecular weight is 800 g/mol. The van der Waals surface area contributed by atoms with Crippen molar-refractivity contribution in [3.05, 3.63) is 52.8 Å². The van der Waals surface area contributed by atoms with Crippen molar-refractivity contribution in [1.29, 1.82) is 5.26 Å². The molecule has 1 saturated carbocycles. The third-order valence-electron chi connectivity index (χ3n) is 11.7. The van der Waals surface area contributed by atoms with E-state index in [1.807, 2.05) is 44.2 Å². The minimum atomic E-state index is -0.731. The van der Waals surface area contributed by atoms with Gasteiger partial charge in [0.15, 0.2) is 5.69 Å². The number of piperazine rings is 1. The van der Waals surface area contributed by atoms with Gasteiger partial charge >= 0.3 is 0 Å². The molecule has 2 N–H and O–H groups in total. The van der Waals surface area contributed by atoms with Gasteiger partial charge in [-0.2, -0.15) is 5.26 Å². The highest BCUT2D eigenvalue weighted by molar-refractivity contribution is 7.81. The first-order valence-electron chi connectivity index (χ1n) is 18.8. The largest absolute Gasteiger partial charge is 0.325 e. The lowest BCUT2D eigenvalue weighted by atomic mass is 9.81. The molecular formula is C39H52Cl2N8O4S. The van der Waals surface area contributed by atoms with Gasteiger partial charge in [0.05, 0.1) is 34.9 Å². The zero-order valence-electron chi connectivity index (χ0n) is 31.5. The van der Waals surface area contributed by atoms with E-state index < -0.39 is 11.0 Å². The van der Waals surface area contributed by atoms with E-state index in [0.29, 0.717) is 36.7 Å². The number of imide groups is 1. The molecule has 15 heteroatoms. The maximum atomic E-state index is 13.6. The molecule has 2 aromatic rings. The Morgan fingerprint density at radius 1 is 1.07 bits per heavy atom. The van der Waals surface area contributed by atoms with E-state index >= 15 is 0 Å². The van der Waals surface area contributed by atoms with Crippen LogP contribution in [-0.2, 0) is 19.2 Å². The van der Waals surface area contributed by atoms with E-state index in [4.69, 9.17) is 24.2 Å². The molecule has 4 aliphatic rings. The van der Waals surface area contributed by atoms with Gasteiger partial charge in [0.2, 0.25) is 23.6 Å². The van der Waals surface area contributed by atoms with Crippen LogP contribution in [0, 0.1) is 17.2 Å².